The Bertz CT molecular complexity index is 1290. The van der Waals surface area contributed by atoms with Crippen molar-refractivity contribution in [2.45, 2.75) is 31.2 Å². The van der Waals surface area contributed by atoms with Crippen molar-refractivity contribution >= 4 is 43.6 Å². The Labute approximate surface area is 202 Å². The molecule has 0 aliphatic carbocycles. The van der Waals surface area contributed by atoms with Gasteiger partial charge in [-0.05, 0) is 17.2 Å². The topological polar surface area (TPSA) is 189 Å². The van der Waals surface area contributed by atoms with Crippen molar-refractivity contribution in [2.24, 2.45) is 0 Å². The highest BCUT2D eigenvalue weighted by molar-refractivity contribution is 7.70. The highest BCUT2D eigenvalue weighted by Crippen LogP contribution is 2.55. The third-order valence-corrected chi connectivity index (χ3v) is 8.69. The molecule has 5 atom stereocenters. The molecule has 1 aliphatic rings. The first-order valence-corrected chi connectivity index (χ1v) is 14.0. The first-order chi connectivity index (χ1) is 16.4. The van der Waals surface area contributed by atoms with Crippen LogP contribution in [0.15, 0.2) is 36.5 Å². The smallest absolute Gasteiger partial charge is 0.340 e. The number of halogens is 2. The standard InChI is InChI=1S/C18H21ClFN5O8P2/c19-18-23-15(21-6-10-4-2-1-3-5-10)11-7-22-25(16(11)24-18)17-13(20)14(26)12(33-17)8-32-35(30,31)9-34(27,28)29/h1-5,7,12-14,17,26H,6,8-9H2,(H,30,31)(H,21,23,24)(H2,27,28,29)/t12-,13+,14-,17-/m1/s1. The number of fused-ring (bicyclic) bond motifs is 1. The van der Waals surface area contributed by atoms with Crippen molar-refractivity contribution in [3.05, 3.63) is 47.4 Å². The van der Waals surface area contributed by atoms with Gasteiger partial charge in [-0.15, -0.1) is 0 Å². The zero-order valence-electron chi connectivity index (χ0n) is 17.8. The molecule has 0 bridgehead atoms. The van der Waals surface area contributed by atoms with E-state index in [1.54, 1.807) is 0 Å². The van der Waals surface area contributed by atoms with E-state index in [9.17, 15) is 23.5 Å². The Kier molecular flexibility index (Phi) is 7.58. The lowest BCUT2D eigenvalue weighted by Crippen LogP contribution is -2.31. The maximum absolute atomic E-state index is 14.9. The summed E-state index contributed by atoms with van der Waals surface area (Å²) in [4.78, 5) is 35.6. The van der Waals surface area contributed by atoms with E-state index in [2.05, 4.69) is 24.9 Å². The Morgan fingerprint density at radius 2 is 1.91 bits per heavy atom. The molecule has 4 rings (SSSR count). The summed E-state index contributed by atoms with van der Waals surface area (Å²) in [5, 5.41) is 17.7. The Balaban J connectivity index is 1.52. The van der Waals surface area contributed by atoms with Gasteiger partial charge in [-0.25, -0.2) is 9.07 Å². The Hall–Kier alpha value is -1.99. The quantitative estimate of drug-likeness (QED) is 0.192. The number of aliphatic hydroxyl groups excluding tert-OH is 1. The number of anilines is 1. The summed E-state index contributed by atoms with van der Waals surface area (Å²) >= 11 is 6.06. The van der Waals surface area contributed by atoms with Crippen LogP contribution in [0.5, 0.6) is 0 Å². The molecule has 0 radical (unpaired) electrons. The first-order valence-electron chi connectivity index (χ1n) is 10.1. The molecule has 1 aromatic carbocycles. The van der Waals surface area contributed by atoms with Crippen LogP contribution in [-0.2, 0) is 24.9 Å². The molecular formula is C18H21ClFN5O8P2. The number of ether oxygens (including phenoxy) is 1. The van der Waals surface area contributed by atoms with Crippen molar-refractivity contribution in [3.63, 3.8) is 0 Å². The minimum atomic E-state index is -4.85. The molecule has 1 fully saturated rings. The molecular weight excluding hydrogens is 531 g/mol. The van der Waals surface area contributed by atoms with Gasteiger partial charge in [-0.1, -0.05) is 30.3 Å². The zero-order valence-corrected chi connectivity index (χ0v) is 20.3. The average molecular weight is 552 g/mol. The van der Waals surface area contributed by atoms with E-state index in [0.717, 1.165) is 10.2 Å². The fourth-order valence-corrected chi connectivity index (χ4v) is 6.24. The number of rotatable bonds is 9. The molecule has 5 N–H and O–H groups in total. The molecule has 190 valence electrons. The number of benzene rings is 1. The van der Waals surface area contributed by atoms with E-state index < -0.39 is 52.3 Å². The molecule has 13 nitrogen and oxygen atoms in total. The van der Waals surface area contributed by atoms with Crippen LogP contribution < -0.4 is 5.32 Å². The van der Waals surface area contributed by atoms with Gasteiger partial charge in [0.25, 0.3) is 0 Å². The van der Waals surface area contributed by atoms with Gasteiger partial charge in [-0.3, -0.25) is 9.13 Å². The van der Waals surface area contributed by atoms with E-state index in [1.807, 2.05) is 30.3 Å². The summed E-state index contributed by atoms with van der Waals surface area (Å²) in [6.07, 6.45) is -5.39. The molecule has 2 aromatic heterocycles. The third kappa shape index (κ3) is 6.23. The van der Waals surface area contributed by atoms with Crippen LogP contribution in [0.2, 0.25) is 5.28 Å². The van der Waals surface area contributed by atoms with Gasteiger partial charge in [0.2, 0.25) is 5.28 Å². The summed E-state index contributed by atoms with van der Waals surface area (Å²) in [5.41, 5.74) is 1.08. The van der Waals surface area contributed by atoms with Crippen molar-refractivity contribution < 1.29 is 42.6 Å². The lowest BCUT2D eigenvalue weighted by molar-refractivity contribution is -0.0472. The third-order valence-electron chi connectivity index (χ3n) is 5.07. The van der Waals surface area contributed by atoms with Gasteiger partial charge in [0.05, 0.1) is 18.2 Å². The van der Waals surface area contributed by atoms with Gasteiger partial charge in [0.15, 0.2) is 23.9 Å². The van der Waals surface area contributed by atoms with E-state index in [-0.39, 0.29) is 10.9 Å². The number of aliphatic hydroxyl groups is 1. The first kappa shape index (κ1) is 26.1. The van der Waals surface area contributed by atoms with Crippen molar-refractivity contribution in [1.82, 2.24) is 19.7 Å². The molecule has 1 saturated heterocycles. The van der Waals surface area contributed by atoms with E-state index >= 15 is 0 Å². The van der Waals surface area contributed by atoms with Crippen molar-refractivity contribution in [1.29, 1.82) is 0 Å². The average Bonchev–Trinajstić information content (AvgIpc) is 3.31. The summed E-state index contributed by atoms with van der Waals surface area (Å²) < 4.78 is 49.0. The van der Waals surface area contributed by atoms with E-state index in [0.29, 0.717) is 17.7 Å². The highest BCUT2D eigenvalue weighted by Gasteiger charge is 2.47. The van der Waals surface area contributed by atoms with Gasteiger partial charge < -0.3 is 34.4 Å². The lowest BCUT2D eigenvalue weighted by Gasteiger charge is -2.18. The summed E-state index contributed by atoms with van der Waals surface area (Å²) in [6, 6.07) is 9.45. The predicted octanol–water partition coefficient (Wildman–Crippen LogP) is 2.03. The van der Waals surface area contributed by atoms with Crippen LogP contribution in [-0.4, -0.2) is 70.4 Å². The minimum Gasteiger partial charge on any atom is -0.387 e. The normalized spacial score (nSPS) is 24.5. The molecule has 1 unspecified atom stereocenters. The zero-order chi connectivity index (χ0) is 25.4. The number of aromatic nitrogens is 4. The van der Waals surface area contributed by atoms with Crippen LogP contribution in [0.25, 0.3) is 11.0 Å². The molecule has 17 heteroatoms. The summed E-state index contributed by atoms with van der Waals surface area (Å²) in [5.74, 6) is -1.09. The fraction of sp³-hybridized carbons (Fsp3) is 0.389. The van der Waals surface area contributed by atoms with Gasteiger partial charge in [-0.2, -0.15) is 15.1 Å². The van der Waals surface area contributed by atoms with Crippen LogP contribution in [0.1, 0.15) is 11.8 Å². The van der Waals surface area contributed by atoms with Crippen LogP contribution in [0.4, 0.5) is 10.2 Å². The summed E-state index contributed by atoms with van der Waals surface area (Å²) in [6.45, 7) is -0.390. The molecule has 0 spiro atoms. The number of hydrogen-bond acceptors (Lipinski definition) is 9. The molecule has 3 heterocycles. The second-order valence-electron chi connectivity index (χ2n) is 7.75. The van der Waals surface area contributed by atoms with Crippen LogP contribution >= 0.6 is 26.8 Å². The maximum Gasteiger partial charge on any atom is 0.340 e. The molecule has 1 aliphatic heterocycles. The number of nitrogens with zero attached hydrogens (tertiary/aromatic N) is 4. The SMILES string of the molecule is O=P(O)(O)CP(=O)(O)OC[C@H]1O[C@@H](n2ncc3c(NCc4ccccc4)nc(Cl)nc32)[C@@H](F)[C@@H]1O. The minimum absolute atomic E-state index is 0.108. The van der Waals surface area contributed by atoms with E-state index in [1.165, 1.54) is 6.20 Å². The molecule has 35 heavy (non-hydrogen) atoms. The van der Waals surface area contributed by atoms with Crippen LogP contribution in [0.3, 0.4) is 0 Å². The maximum atomic E-state index is 14.9. The Morgan fingerprint density at radius 1 is 1.20 bits per heavy atom. The van der Waals surface area contributed by atoms with Crippen LogP contribution in [0, 0.1) is 0 Å². The number of nitrogens with one attached hydrogen (secondary N) is 1. The molecule has 0 saturated carbocycles. The number of hydrogen-bond donors (Lipinski definition) is 5. The van der Waals surface area contributed by atoms with E-state index in [4.69, 9.17) is 26.1 Å². The lowest BCUT2D eigenvalue weighted by atomic mass is 10.1. The fourth-order valence-electron chi connectivity index (χ4n) is 3.50. The van der Waals surface area contributed by atoms with Gasteiger partial charge in [0, 0.05) is 6.54 Å². The largest absolute Gasteiger partial charge is 0.387 e. The van der Waals surface area contributed by atoms with Crippen molar-refractivity contribution in [2.75, 3.05) is 17.8 Å². The van der Waals surface area contributed by atoms with Gasteiger partial charge in [0.1, 0.15) is 18.0 Å². The molecule has 0 amide bonds. The predicted molar refractivity (Wildman–Crippen MR) is 122 cm³/mol. The number of alkyl halides is 1. The highest BCUT2D eigenvalue weighted by atomic mass is 35.5. The summed E-state index contributed by atoms with van der Waals surface area (Å²) in [7, 11) is -9.58. The second-order valence-corrected chi connectivity index (χ2v) is 12.1. The Morgan fingerprint density at radius 3 is 2.60 bits per heavy atom. The second kappa shape index (κ2) is 10.2. The van der Waals surface area contributed by atoms with Gasteiger partial charge >= 0.3 is 15.2 Å². The monoisotopic (exact) mass is 551 g/mol. The van der Waals surface area contributed by atoms with Crippen molar-refractivity contribution in [3.8, 4) is 0 Å². The molecule has 3 aromatic rings.